The summed E-state index contributed by atoms with van der Waals surface area (Å²) in [5.74, 6) is 0.845. The molecule has 0 fully saturated rings. The Balaban J connectivity index is 2.43. The van der Waals surface area contributed by atoms with Crippen molar-refractivity contribution in [1.82, 2.24) is 9.97 Å². The number of nitrogens with zero attached hydrogens (tertiary/aromatic N) is 1. The molecule has 0 aliphatic rings. The number of aromatic amines is 1. The van der Waals surface area contributed by atoms with Gasteiger partial charge in [-0.25, -0.2) is 9.78 Å². The van der Waals surface area contributed by atoms with Crippen LogP contribution in [0.4, 0.5) is 5.82 Å². The number of hydrogen-bond acceptors (Lipinski definition) is 3. The molecule has 88 valence electrons. The van der Waals surface area contributed by atoms with Crippen LogP contribution in [0.5, 0.6) is 0 Å². The minimum Gasteiger partial charge on any atom is -0.385 e. The predicted molar refractivity (Wildman–Crippen MR) is 68.8 cm³/mol. The van der Waals surface area contributed by atoms with Gasteiger partial charge >= 0.3 is 5.69 Å². The Hall–Kier alpha value is -2.10. The van der Waals surface area contributed by atoms with Gasteiger partial charge in [0, 0.05) is 11.8 Å². The largest absolute Gasteiger partial charge is 0.385 e. The molecule has 0 aliphatic heterocycles. The summed E-state index contributed by atoms with van der Waals surface area (Å²) in [6, 6.07) is 8.09. The second kappa shape index (κ2) is 4.41. The number of hydrogen-bond donors (Lipinski definition) is 2. The molecular weight excluding hydrogens is 214 g/mol. The molecule has 0 atom stereocenters. The summed E-state index contributed by atoms with van der Waals surface area (Å²) in [7, 11) is 0. The van der Waals surface area contributed by atoms with E-state index in [-0.39, 0.29) is 0 Å². The van der Waals surface area contributed by atoms with Gasteiger partial charge < -0.3 is 5.73 Å². The molecule has 2 rings (SSSR count). The van der Waals surface area contributed by atoms with E-state index in [0.29, 0.717) is 11.7 Å². The molecule has 3 N–H and O–H groups in total. The summed E-state index contributed by atoms with van der Waals surface area (Å²) in [5, 5.41) is 0. The first kappa shape index (κ1) is 11.4. The number of rotatable bonds is 2. The van der Waals surface area contributed by atoms with Crippen molar-refractivity contribution in [3.8, 4) is 11.1 Å². The van der Waals surface area contributed by atoms with E-state index in [4.69, 9.17) is 5.73 Å². The number of nitrogen functional groups attached to an aromatic ring is 1. The predicted octanol–water partition coefficient (Wildman–Crippen LogP) is 2.14. The summed E-state index contributed by atoms with van der Waals surface area (Å²) in [5.41, 5.74) is 8.30. The van der Waals surface area contributed by atoms with Gasteiger partial charge in [0.2, 0.25) is 0 Å². The van der Waals surface area contributed by atoms with Crippen molar-refractivity contribution < 1.29 is 0 Å². The summed E-state index contributed by atoms with van der Waals surface area (Å²) in [6.45, 7) is 4.29. The third kappa shape index (κ3) is 2.36. The average molecular weight is 229 g/mol. The number of benzene rings is 1. The molecular formula is C13H15N3O. The van der Waals surface area contributed by atoms with Gasteiger partial charge in [-0.2, -0.15) is 0 Å². The minimum atomic E-state index is -0.426. The Labute approximate surface area is 99.5 Å². The van der Waals surface area contributed by atoms with E-state index in [2.05, 4.69) is 35.9 Å². The molecule has 1 aromatic carbocycles. The molecule has 0 unspecified atom stereocenters. The molecule has 4 heteroatoms. The van der Waals surface area contributed by atoms with E-state index >= 15 is 0 Å². The first-order chi connectivity index (χ1) is 8.08. The third-order valence-electron chi connectivity index (χ3n) is 2.73. The Morgan fingerprint density at radius 3 is 2.41 bits per heavy atom. The molecule has 0 aliphatic carbocycles. The van der Waals surface area contributed by atoms with Crippen LogP contribution in [0.15, 0.2) is 35.3 Å². The topological polar surface area (TPSA) is 71.8 Å². The van der Waals surface area contributed by atoms with Crippen molar-refractivity contribution in [2.24, 2.45) is 0 Å². The van der Waals surface area contributed by atoms with Crippen LogP contribution in [-0.4, -0.2) is 9.97 Å². The van der Waals surface area contributed by atoms with Crippen molar-refractivity contribution in [3.05, 3.63) is 46.5 Å². The normalized spacial score (nSPS) is 10.8. The maximum absolute atomic E-state index is 11.0. The van der Waals surface area contributed by atoms with Gasteiger partial charge in [0.15, 0.2) is 0 Å². The molecule has 0 radical (unpaired) electrons. The first-order valence-corrected chi connectivity index (χ1v) is 5.53. The Kier molecular flexibility index (Phi) is 2.95. The van der Waals surface area contributed by atoms with Crippen molar-refractivity contribution >= 4 is 5.82 Å². The fourth-order valence-electron chi connectivity index (χ4n) is 1.69. The van der Waals surface area contributed by atoms with Gasteiger partial charge in [0.1, 0.15) is 5.82 Å². The molecule has 0 bridgehead atoms. The molecule has 4 nitrogen and oxygen atoms in total. The average Bonchev–Trinajstić information content (AvgIpc) is 2.29. The second-order valence-corrected chi connectivity index (χ2v) is 4.29. The third-order valence-corrected chi connectivity index (χ3v) is 2.73. The van der Waals surface area contributed by atoms with E-state index < -0.39 is 5.69 Å². The van der Waals surface area contributed by atoms with E-state index in [1.165, 1.54) is 11.8 Å². The monoisotopic (exact) mass is 229 g/mol. The van der Waals surface area contributed by atoms with Gasteiger partial charge in [-0.15, -0.1) is 0 Å². The molecule has 0 saturated carbocycles. The highest BCUT2D eigenvalue weighted by atomic mass is 16.1. The van der Waals surface area contributed by atoms with E-state index in [1.807, 2.05) is 12.1 Å². The molecule has 0 amide bonds. The molecule has 1 aromatic heterocycles. The van der Waals surface area contributed by atoms with Crippen LogP contribution in [0.1, 0.15) is 25.3 Å². The lowest BCUT2D eigenvalue weighted by Crippen LogP contribution is -2.12. The van der Waals surface area contributed by atoms with Crippen molar-refractivity contribution in [2.75, 3.05) is 5.73 Å². The SMILES string of the molecule is CC(C)c1ccc(-c2cnc(=O)[nH]c2N)cc1. The summed E-state index contributed by atoms with van der Waals surface area (Å²) >= 11 is 0. The first-order valence-electron chi connectivity index (χ1n) is 5.53. The highest BCUT2D eigenvalue weighted by Crippen LogP contribution is 2.24. The lowest BCUT2D eigenvalue weighted by molar-refractivity contribution is 0.867. The molecule has 1 heterocycles. The van der Waals surface area contributed by atoms with Crippen LogP contribution in [0.25, 0.3) is 11.1 Å². The van der Waals surface area contributed by atoms with E-state index in [9.17, 15) is 4.79 Å². The van der Waals surface area contributed by atoms with E-state index in [0.717, 1.165) is 11.1 Å². The zero-order chi connectivity index (χ0) is 12.4. The second-order valence-electron chi connectivity index (χ2n) is 4.29. The number of aromatic nitrogens is 2. The molecule has 2 aromatic rings. The van der Waals surface area contributed by atoms with Gasteiger partial charge in [0.05, 0.1) is 0 Å². The lowest BCUT2D eigenvalue weighted by atomic mass is 10.00. The summed E-state index contributed by atoms with van der Waals surface area (Å²) in [6.07, 6.45) is 1.50. The highest BCUT2D eigenvalue weighted by Gasteiger charge is 2.05. The van der Waals surface area contributed by atoms with Gasteiger partial charge in [-0.3, -0.25) is 4.98 Å². The summed E-state index contributed by atoms with van der Waals surface area (Å²) in [4.78, 5) is 17.1. The smallest absolute Gasteiger partial charge is 0.346 e. The lowest BCUT2D eigenvalue weighted by Gasteiger charge is -2.08. The molecule has 17 heavy (non-hydrogen) atoms. The Morgan fingerprint density at radius 1 is 1.24 bits per heavy atom. The number of nitrogens with one attached hydrogen (secondary N) is 1. The quantitative estimate of drug-likeness (QED) is 0.828. The standard InChI is InChI=1S/C13H15N3O/c1-8(2)9-3-5-10(6-4-9)11-7-15-13(17)16-12(11)14/h3-8H,1-2H3,(H3,14,15,16,17). The van der Waals surface area contributed by atoms with Crippen LogP contribution in [-0.2, 0) is 0 Å². The van der Waals surface area contributed by atoms with Crippen LogP contribution >= 0.6 is 0 Å². The number of H-pyrrole nitrogens is 1. The number of nitrogens with two attached hydrogens (primary N) is 1. The van der Waals surface area contributed by atoms with Crippen molar-refractivity contribution in [3.63, 3.8) is 0 Å². The van der Waals surface area contributed by atoms with Crippen LogP contribution in [0.3, 0.4) is 0 Å². The van der Waals surface area contributed by atoms with Crippen LogP contribution in [0.2, 0.25) is 0 Å². The van der Waals surface area contributed by atoms with E-state index in [1.54, 1.807) is 0 Å². The number of anilines is 1. The fraction of sp³-hybridized carbons (Fsp3) is 0.231. The van der Waals surface area contributed by atoms with Gasteiger partial charge in [-0.05, 0) is 17.0 Å². The van der Waals surface area contributed by atoms with Crippen molar-refractivity contribution in [2.45, 2.75) is 19.8 Å². The fourth-order valence-corrected chi connectivity index (χ4v) is 1.69. The maximum atomic E-state index is 11.0. The zero-order valence-electron chi connectivity index (χ0n) is 9.90. The van der Waals surface area contributed by atoms with Crippen LogP contribution < -0.4 is 11.4 Å². The van der Waals surface area contributed by atoms with Gasteiger partial charge in [-0.1, -0.05) is 38.1 Å². The van der Waals surface area contributed by atoms with Crippen molar-refractivity contribution in [1.29, 1.82) is 0 Å². The highest BCUT2D eigenvalue weighted by molar-refractivity contribution is 5.72. The molecule has 0 spiro atoms. The Morgan fingerprint density at radius 2 is 1.88 bits per heavy atom. The Bertz CT molecular complexity index is 570. The van der Waals surface area contributed by atoms with Gasteiger partial charge in [0.25, 0.3) is 0 Å². The van der Waals surface area contributed by atoms with Crippen LogP contribution in [0, 0.1) is 0 Å². The summed E-state index contributed by atoms with van der Waals surface area (Å²) < 4.78 is 0. The molecule has 0 saturated heterocycles. The zero-order valence-corrected chi connectivity index (χ0v) is 9.90. The maximum Gasteiger partial charge on any atom is 0.346 e. The minimum absolute atomic E-state index is 0.349.